The highest BCUT2D eigenvalue weighted by atomic mass is 16.1. The van der Waals surface area contributed by atoms with Crippen LogP contribution in [0.4, 0.5) is 5.82 Å². The Morgan fingerprint density at radius 2 is 2.25 bits per heavy atom. The second kappa shape index (κ2) is 4.65. The van der Waals surface area contributed by atoms with E-state index in [-0.39, 0.29) is 11.1 Å². The normalized spacial score (nSPS) is 14.9. The molecule has 1 heterocycles. The van der Waals surface area contributed by atoms with E-state index in [2.05, 4.69) is 24.1 Å². The van der Waals surface area contributed by atoms with Crippen LogP contribution in [0.2, 0.25) is 0 Å². The fourth-order valence-corrected chi connectivity index (χ4v) is 1.29. The molecular weight excluding hydrogens is 204 g/mol. The second-order valence-electron chi connectivity index (χ2n) is 4.59. The van der Waals surface area contributed by atoms with Gasteiger partial charge in [-0.1, -0.05) is 13.8 Å². The molecule has 0 fully saturated rings. The Labute approximate surface area is 95.7 Å². The number of hydrogen-bond donors (Lipinski definition) is 2. The van der Waals surface area contributed by atoms with Crippen molar-refractivity contribution < 1.29 is 0 Å². The Kier molecular flexibility index (Phi) is 3.70. The van der Waals surface area contributed by atoms with Crippen LogP contribution in [0, 0.1) is 5.92 Å². The highest BCUT2D eigenvalue weighted by Gasteiger charge is 2.27. The number of aryl methyl sites for hydroxylation is 1. The van der Waals surface area contributed by atoms with E-state index in [1.54, 1.807) is 19.4 Å². The fraction of sp³-hybridized carbons (Fsp3) is 0.636. The molecule has 0 radical (unpaired) electrons. The highest BCUT2D eigenvalue weighted by molar-refractivity contribution is 5.35. The van der Waals surface area contributed by atoms with Crippen LogP contribution in [0.5, 0.6) is 0 Å². The van der Waals surface area contributed by atoms with Gasteiger partial charge >= 0.3 is 0 Å². The van der Waals surface area contributed by atoms with Crippen LogP contribution in [-0.4, -0.2) is 21.6 Å². The van der Waals surface area contributed by atoms with Crippen molar-refractivity contribution in [3.05, 3.63) is 22.7 Å². The van der Waals surface area contributed by atoms with Crippen molar-refractivity contribution in [1.82, 2.24) is 9.55 Å². The smallest absolute Gasteiger partial charge is 0.293 e. The van der Waals surface area contributed by atoms with E-state index < -0.39 is 0 Å². The first-order chi connectivity index (χ1) is 7.40. The quantitative estimate of drug-likeness (QED) is 0.784. The first-order valence-corrected chi connectivity index (χ1v) is 5.40. The maximum Gasteiger partial charge on any atom is 0.293 e. The van der Waals surface area contributed by atoms with Crippen molar-refractivity contribution in [1.29, 1.82) is 0 Å². The maximum absolute atomic E-state index is 11.8. The van der Waals surface area contributed by atoms with E-state index in [0.29, 0.717) is 18.3 Å². The molecule has 1 atom stereocenters. The molecule has 3 N–H and O–H groups in total. The lowest BCUT2D eigenvalue weighted by Crippen LogP contribution is -2.48. The minimum Gasteiger partial charge on any atom is -0.359 e. The summed E-state index contributed by atoms with van der Waals surface area (Å²) in [5.74, 6) is 0.663. The lowest BCUT2D eigenvalue weighted by atomic mass is 9.88. The monoisotopic (exact) mass is 224 g/mol. The van der Waals surface area contributed by atoms with Crippen molar-refractivity contribution in [2.45, 2.75) is 26.3 Å². The number of nitrogens with one attached hydrogen (secondary N) is 1. The number of anilines is 1. The van der Waals surface area contributed by atoms with Crippen molar-refractivity contribution in [2.24, 2.45) is 18.7 Å². The topological polar surface area (TPSA) is 72.9 Å². The third-order valence-electron chi connectivity index (χ3n) is 3.12. The molecule has 16 heavy (non-hydrogen) atoms. The Bertz CT molecular complexity index is 413. The van der Waals surface area contributed by atoms with Crippen LogP contribution in [0.3, 0.4) is 0 Å². The predicted molar refractivity (Wildman–Crippen MR) is 65.4 cm³/mol. The predicted octanol–water partition coefficient (Wildman–Crippen LogP) is 0.566. The van der Waals surface area contributed by atoms with Gasteiger partial charge in [0.1, 0.15) is 0 Å². The number of nitrogens with two attached hydrogens (primary N) is 1. The number of aromatic nitrogens is 2. The standard InChI is InChI=1S/C11H20N4O/c1-8(2)11(3,7-12)14-9-10(16)15(4)6-5-13-9/h5-6,8H,7,12H2,1-4H3,(H,13,14). The molecule has 0 spiro atoms. The van der Waals surface area contributed by atoms with Gasteiger partial charge in [0, 0.05) is 26.0 Å². The molecule has 5 nitrogen and oxygen atoms in total. The van der Waals surface area contributed by atoms with E-state index >= 15 is 0 Å². The summed E-state index contributed by atoms with van der Waals surface area (Å²) in [5.41, 5.74) is 5.29. The van der Waals surface area contributed by atoms with Gasteiger partial charge in [-0.3, -0.25) is 4.79 Å². The molecule has 0 aliphatic carbocycles. The first kappa shape index (κ1) is 12.7. The Morgan fingerprint density at radius 1 is 1.62 bits per heavy atom. The van der Waals surface area contributed by atoms with Crippen molar-refractivity contribution in [3.8, 4) is 0 Å². The van der Waals surface area contributed by atoms with Gasteiger partial charge in [0.15, 0.2) is 5.82 Å². The van der Waals surface area contributed by atoms with Crippen molar-refractivity contribution in [2.75, 3.05) is 11.9 Å². The largest absolute Gasteiger partial charge is 0.359 e. The fourth-order valence-electron chi connectivity index (χ4n) is 1.29. The summed E-state index contributed by atoms with van der Waals surface area (Å²) in [6.07, 6.45) is 3.23. The van der Waals surface area contributed by atoms with Gasteiger partial charge < -0.3 is 15.6 Å². The molecule has 0 bridgehead atoms. The number of hydrogen-bond acceptors (Lipinski definition) is 4. The molecule has 5 heteroatoms. The average Bonchev–Trinajstić information content (AvgIpc) is 2.24. The van der Waals surface area contributed by atoms with Crippen LogP contribution < -0.4 is 16.6 Å². The SMILES string of the molecule is CC(C)C(C)(CN)Nc1nccn(C)c1=O. The van der Waals surface area contributed by atoms with Crippen LogP contribution >= 0.6 is 0 Å². The Balaban J connectivity index is 3.04. The van der Waals surface area contributed by atoms with E-state index in [1.165, 1.54) is 4.57 Å². The van der Waals surface area contributed by atoms with E-state index in [0.717, 1.165) is 0 Å². The Morgan fingerprint density at radius 3 is 2.75 bits per heavy atom. The summed E-state index contributed by atoms with van der Waals surface area (Å²) < 4.78 is 1.49. The zero-order valence-corrected chi connectivity index (χ0v) is 10.3. The van der Waals surface area contributed by atoms with Crippen molar-refractivity contribution >= 4 is 5.82 Å². The average molecular weight is 224 g/mol. The summed E-state index contributed by atoms with van der Waals surface area (Å²) in [4.78, 5) is 15.8. The van der Waals surface area contributed by atoms with E-state index in [9.17, 15) is 4.79 Å². The zero-order chi connectivity index (χ0) is 12.3. The molecule has 0 saturated heterocycles. The molecule has 1 rings (SSSR count). The minimum atomic E-state index is -0.319. The number of nitrogens with zero attached hydrogens (tertiary/aromatic N) is 2. The summed E-state index contributed by atoms with van der Waals surface area (Å²) >= 11 is 0. The summed E-state index contributed by atoms with van der Waals surface area (Å²) in [6, 6.07) is 0. The molecule has 1 aromatic rings. The van der Waals surface area contributed by atoms with Crippen LogP contribution in [0.25, 0.3) is 0 Å². The molecule has 1 unspecified atom stereocenters. The van der Waals surface area contributed by atoms with Crippen molar-refractivity contribution in [3.63, 3.8) is 0 Å². The molecule has 0 saturated carbocycles. The highest BCUT2D eigenvalue weighted by Crippen LogP contribution is 2.18. The van der Waals surface area contributed by atoms with Gasteiger partial charge in [-0.2, -0.15) is 0 Å². The van der Waals surface area contributed by atoms with Crippen LogP contribution in [0.1, 0.15) is 20.8 Å². The zero-order valence-electron chi connectivity index (χ0n) is 10.3. The summed E-state index contributed by atoms with van der Waals surface area (Å²) in [5, 5.41) is 3.14. The molecule has 0 aromatic carbocycles. The van der Waals surface area contributed by atoms with Crippen LogP contribution in [0.15, 0.2) is 17.2 Å². The number of rotatable bonds is 4. The molecule has 0 aliphatic heterocycles. The van der Waals surface area contributed by atoms with Gasteiger partial charge in [0.2, 0.25) is 0 Å². The molecule has 0 amide bonds. The van der Waals surface area contributed by atoms with E-state index in [4.69, 9.17) is 5.73 Å². The molecular formula is C11H20N4O. The molecule has 90 valence electrons. The second-order valence-corrected chi connectivity index (χ2v) is 4.59. The third-order valence-corrected chi connectivity index (χ3v) is 3.12. The third kappa shape index (κ3) is 2.41. The van der Waals surface area contributed by atoms with Gasteiger partial charge in [-0.15, -0.1) is 0 Å². The lowest BCUT2D eigenvalue weighted by molar-refractivity contribution is 0.380. The maximum atomic E-state index is 11.8. The summed E-state index contributed by atoms with van der Waals surface area (Å²) in [7, 11) is 1.70. The van der Waals surface area contributed by atoms with Gasteiger partial charge in [0.25, 0.3) is 5.56 Å². The minimum absolute atomic E-state index is 0.136. The van der Waals surface area contributed by atoms with Gasteiger partial charge in [0.05, 0.1) is 5.54 Å². The first-order valence-electron chi connectivity index (χ1n) is 5.40. The Hall–Kier alpha value is -1.36. The molecule has 1 aromatic heterocycles. The summed E-state index contributed by atoms with van der Waals surface area (Å²) in [6.45, 7) is 6.57. The van der Waals surface area contributed by atoms with E-state index in [1.807, 2.05) is 6.92 Å². The van der Waals surface area contributed by atoms with Gasteiger partial charge in [-0.05, 0) is 12.8 Å². The molecule has 0 aliphatic rings. The van der Waals surface area contributed by atoms with Crippen LogP contribution in [-0.2, 0) is 7.05 Å². The lowest BCUT2D eigenvalue weighted by Gasteiger charge is -2.33. The van der Waals surface area contributed by atoms with Gasteiger partial charge in [-0.25, -0.2) is 4.98 Å².